The van der Waals surface area contributed by atoms with Gasteiger partial charge in [-0.25, -0.2) is 0 Å². The molecule has 0 bridgehead atoms. The summed E-state index contributed by atoms with van der Waals surface area (Å²) in [6, 6.07) is 0. The van der Waals surface area contributed by atoms with E-state index in [0.29, 0.717) is 39.6 Å². The van der Waals surface area contributed by atoms with Crippen LogP contribution in [0, 0.1) is 17.8 Å². The fourth-order valence-corrected chi connectivity index (χ4v) is 3.66. The number of likely N-dealkylation sites (tertiary alicyclic amines) is 1. The first-order valence-electron chi connectivity index (χ1n) is 11.6. The van der Waals surface area contributed by atoms with Crippen molar-refractivity contribution in [2.45, 2.75) is 59.8 Å². The third-order valence-electron chi connectivity index (χ3n) is 5.25. The monoisotopic (exact) mass is 401 g/mol. The molecular formula is C23H47NO4. The Bertz CT molecular complexity index is 331. The minimum atomic E-state index is 0.625. The van der Waals surface area contributed by atoms with Gasteiger partial charge in [-0.1, -0.05) is 27.7 Å². The summed E-state index contributed by atoms with van der Waals surface area (Å²) < 4.78 is 22.3. The first-order chi connectivity index (χ1) is 13.6. The molecule has 0 atom stereocenters. The molecule has 0 aliphatic carbocycles. The molecule has 1 rings (SSSR count). The SMILES string of the molecule is CC(C)CCCOCCOCCOCCOCCN1CCC(CC(C)C)CC1. The highest BCUT2D eigenvalue weighted by Gasteiger charge is 2.19. The molecule has 0 N–H and O–H groups in total. The molecule has 28 heavy (non-hydrogen) atoms. The van der Waals surface area contributed by atoms with Gasteiger partial charge in [0.2, 0.25) is 0 Å². The van der Waals surface area contributed by atoms with Gasteiger partial charge in [0, 0.05) is 13.2 Å². The highest BCUT2D eigenvalue weighted by molar-refractivity contribution is 4.73. The van der Waals surface area contributed by atoms with Crippen molar-refractivity contribution >= 4 is 0 Å². The van der Waals surface area contributed by atoms with E-state index in [2.05, 4.69) is 32.6 Å². The maximum Gasteiger partial charge on any atom is 0.0701 e. The predicted molar refractivity (Wildman–Crippen MR) is 116 cm³/mol. The minimum absolute atomic E-state index is 0.625. The molecule has 0 spiro atoms. The zero-order chi connectivity index (χ0) is 20.5. The minimum Gasteiger partial charge on any atom is -0.379 e. The largest absolute Gasteiger partial charge is 0.379 e. The summed E-state index contributed by atoms with van der Waals surface area (Å²) >= 11 is 0. The quantitative estimate of drug-likeness (QED) is 0.321. The summed E-state index contributed by atoms with van der Waals surface area (Å²) in [6.07, 6.45) is 6.45. The van der Waals surface area contributed by atoms with Crippen LogP contribution in [0.2, 0.25) is 0 Å². The number of nitrogens with zero attached hydrogens (tertiary/aromatic N) is 1. The summed E-state index contributed by atoms with van der Waals surface area (Å²) in [5, 5.41) is 0. The van der Waals surface area contributed by atoms with Gasteiger partial charge in [0.25, 0.3) is 0 Å². The average Bonchev–Trinajstić information content (AvgIpc) is 2.65. The average molecular weight is 402 g/mol. The Morgan fingerprint density at radius 3 is 1.68 bits per heavy atom. The lowest BCUT2D eigenvalue weighted by Gasteiger charge is -2.32. The van der Waals surface area contributed by atoms with Gasteiger partial charge in [0.15, 0.2) is 0 Å². The van der Waals surface area contributed by atoms with Crippen molar-refractivity contribution in [3.63, 3.8) is 0 Å². The Kier molecular flexibility index (Phi) is 16.3. The van der Waals surface area contributed by atoms with Crippen molar-refractivity contribution < 1.29 is 18.9 Å². The molecule has 1 fully saturated rings. The third-order valence-corrected chi connectivity index (χ3v) is 5.25. The summed E-state index contributed by atoms with van der Waals surface area (Å²) in [7, 11) is 0. The zero-order valence-electron chi connectivity index (χ0n) is 19.1. The van der Waals surface area contributed by atoms with Crippen LogP contribution in [0.4, 0.5) is 0 Å². The van der Waals surface area contributed by atoms with Crippen LogP contribution in [-0.2, 0) is 18.9 Å². The Morgan fingerprint density at radius 1 is 0.679 bits per heavy atom. The van der Waals surface area contributed by atoms with Gasteiger partial charge >= 0.3 is 0 Å². The molecule has 1 heterocycles. The van der Waals surface area contributed by atoms with Gasteiger partial charge in [-0.2, -0.15) is 0 Å². The third kappa shape index (κ3) is 15.7. The van der Waals surface area contributed by atoms with Crippen molar-refractivity contribution in [3.8, 4) is 0 Å². The second-order valence-electron chi connectivity index (χ2n) is 8.90. The number of hydrogen-bond acceptors (Lipinski definition) is 5. The number of rotatable bonds is 18. The summed E-state index contributed by atoms with van der Waals surface area (Å²) in [5.74, 6) is 2.52. The van der Waals surface area contributed by atoms with E-state index in [1.54, 1.807) is 0 Å². The molecule has 5 nitrogen and oxygen atoms in total. The number of hydrogen-bond donors (Lipinski definition) is 0. The molecule has 0 unspecified atom stereocenters. The maximum absolute atomic E-state index is 5.70. The van der Waals surface area contributed by atoms with E-state index in [1.165, 1.54) is 38.8 Å². The van der Waals surface area contributed by atoms with Crippen LogP contribution < -0.4 is 0 Å². The first kappa shape index (κ1) is 25.8. The number of piperidine rings is 1. The Balaban J connectivity index is 1.75. The van der Waals surface area contributed by atoms with Crippen molar-refractivity contribution in [2.75, 3.05) is 72.5 Å². The summed E-state index contributed by atoms with van der Waals surface area (Å²) in [6.45, 7) is 18.2. The van der Waals surface area contributed by atoms with E-state index >= 15 is 0 Å². The maximum atomic E-state index is 5.70. The van der Waals surface area contributed by atoms with Crippen LogP contribution in [0.15, 0.2) is 0 Å². The van der Waals surface area contributed by atoms with Gasteiger partial charge in [0.1, 0.15) is 0 Å². The van der Waals surface area contributed by atoms with Gasteiger partial charge in [-0.15, -0.1) is 0 Å². The van der Waals surface area contributed by atoms with Crippen LogP contribution in [-0.4, -0.2) is 77.4 Å². The second kappa shape index (κ2) is 17.6. The van der Waals surface area contributed by atoms with Crippen molar-refractivity contribution in [3.05, 3.63) is 0 Å². The van der Waals surface area contributed by atoms with Gasteiger partial charge in [-0.05, 0) is 62.9 Å². The van der Waals surface area contributed by atoms with Crippen LogP contribution in [0.25, 0.3) is 0 Å². The first-order valence-corrected chi connectivity index (χ1v) is 11.6. The van der Waals surface area contributed by atoms with Crippen LogP contribution in [0.5, 0.6) is 0 Å². The fourth-order valence-electron chi connectivity index (χ4n) is 3.66. The Labute approximate surface area is 174 Å². The normalized spacial score (nSPS) is 16.5. The smallest absolute Gasteiger partial charge is 0.0701 e. The van der Waals surface area contributed by atoms with E-state index < -0.39 is 0 Å². The van der Waals surface area contributed by atoms with E-state index in [-0.39, 0.29) is 0 Å². The van der Waals surface area contributed by atoms with E-state index in [9.17, 15) is 0 Å². The van der Waals surface area contributed by atoms with Gasteiger partial charge in [-0.3, -0.25) is 0 Å². The lowest BCUT2D eigenvalue weighted by Crippen LogP contribution is -2.36. The zero-order valence-corrected chi connectivity index (χ0v) is 19.1. The summed E-state index contributed by atoms with van der Waals surface area (Å²) in [4.78, 5) is 2.54. The highest BCUT2D eigenvalue weighted by Crippen LogP contribution is 2.23. The lowest BCUT2D eigenvalue weighted by molar-refractivity contribution is -0.00516. The molecule has 1 aliphatic heterocycles. The molecule has 5 heteroatoms. The molecule has 0 aromatic rings. The molecule has 0 amide bonds. The van der Waals surface area contributed by atoms with E-state index in [0.717, 1.165) is 43.9 Å². The Morgan fingerprint density at radius 2 is 1.18 bits per heavy atom. The molecule has 1 saturated heterocycles. The predicted octanol–water partition coefficient (Wildman–Crippen LogP) is 4.25. The molecule has 0 aromatic carbocycles. The van der Waals surface area contributed by atoms with Crippen molar-refractivity contribution in [1.29, 1.82) is 0 Å². The standard InChI is InChI=1S/C23H47NO4/c1-21(2)6-5-12-25-14-16-27-18-19-28-17-15-26-13-11-24-9-7-23(8-10-24)20-22(3)4/h21-23H,5-20H2,1-4H3. The summed E-state index contributed by atoms with van der Waals surface area (Å²) in [5.41, 5.74) is 0. The van der Waals surface area contributed by atoms with E-state index in [4.69, 9.17) is 18.9 Å². The van der Waals surface area contributed by atoms with E-state index in [1.807, 2.05) is 0 Å². The molecule has 1 aliphatic rings. The van der Waals surface area contributed by atoms with Crippen LogP contribution in [0.1, 0.15) is 59.8 Å². The fraction of sp³-hybridized carbons (Fsp3) is 1.00. The molecule has 0 radical (unpaired) electrons. The molecule has 0 aromatic heterocycles. The van der Waals surface area contributed by atoms with Crippen LogP contribution in [0.3, 0.4) is 0 Å². The highest BCUT2D eigenvalue weighted by atomic mass is 16.6. The van der Waals surface area contributed by atoms with Gasteiger partial charge < -0.3 is 23.8 Å². The molecule has 0 saturated carbocycles. The van der Waals surface area contributed by atoms with Crippen molar-refractivity contribution in [1.82, 2.24) is 4.90 Å². The molecule has 168 valence electrons. The Hall–Kier alpha value is -0.200. The van der Waals surface area contributed by atoms with Crippen molar-refractivity contribution in [2.24, 2.45) is 17.8 Å². The van der Waals surface area contributed by atoms with Gasteiger partial charge in [0.05, 0.1) is 46.2 Å². The lowest BCUT2D eigenvalue weighted by atomic mass is 9.89. The molecular weight excluding hydrogens is 354 g/mol. The second-order valence-corrected chi connectivity index (χ2v) is 8.90. The van der Waals surface area contributed by atoms with Crippen LogP contribution >= 0.6 is 0 Å². The topological polar surface area (TPSA) is 40.2 Å². The number of ether oxygens (including phenoxy) is 4.